The summed E-state index contributed by atoms with van der Waals surface area (Å²) in [6.07, 6.45) is 3.86. The summed E-state index contributed by atoms with van der Waals surface area (Å²) in [5, 5.41) is 8.64. The monoisotopic (exact) mass is 367 g/mol. The third kappa shape index (κ3) is 5.38. The predicted octanol–water partition coefficient (Wildman–Crippen LogP) is 4.32. The molecule has 0 unspecified atom stereocenters. The first-order chi connectivity index (χ1) is 12.7. The molecule has 0 fully saturated rings. The highest BCUT2D eigenvalue weighted by atomic mass is 19.1. The van der Waals surface area contributed by atoms with Gasteiger partial charge in [0.2, 0.25) is 0 Å². The van der Waals surface area contributed by atoms with E-state index in [0.29, 0.717) is 5.56 Å². The van der Waals surface area contributed by atoms with Gasteiger partial charge in [-0.1, -0.05) is 29.8 Å². The first-order valence-corrected chi connectivity index (χ1v) is 8.45. The quantitative estimate of drug-likeness (QED) is 0.453. The number of benzene rings is 2. The van der Waals surface area contributed by atoms with Crippen molar-refractivity contribution in [2.24, 2.45) is 5.73 Å². The number of carboxylic acid groups (broad SMARTS) is 1. The van der Waals surface area contributed by atoms with Crippen LogP contribution in [0.25, 0.3) is 17.2 Å². The Morgan fingerprint density at radius 2 is 1.81 bits per heavy atom. The van der Waals surface area contributed by atoms with E-state index in [1.807, 2.05) is 26.0 Å². The molecule has 4 nitrogen and oxygen atoms in total. The van der Waals surface area contributed by atoms with Gasteiger partial charge >= 0.3 is 5.97 Å². The molecule has 0 aliphatic rings. The van der Waals surface area contributed by atoms with E-state index in [0.717, 1.165) is 33.9 Å². The molecule has 0 atom stereocenters. The average molecular weight is 367 g/mol. The van der Waals surface area contributed by atoms with Crippen molar-refractivity contribution in [1.29, 1.82) is 0 Å². The fourth-order valence-electron chi connectivity index (χ4n) is 2.86. The fourth-order valence-corrected chi connectivity index (χ4v) is 2.86. The van der Waals surface area contributed by atoms with Gasteiger partial charge < -0.3 is 10.8 Å². The van der Waals surface area contributed by atoms with Crippen LogP contribution in [-0.2, 0) is 9.59 Å². The summed E-state index contributed by atoms with van der Waals surface area (Å²) in [5.41, 5.74) is 11.3. The zero-order chi connectivity index (χ0) is 20.1. The SMILES string of the molecule is Cc1cc(C)c(C=C/C(N)=C\C(=O)CC(=O)O)c(-c2ccc(F)c(C)c2)c1. The maximum atomic E-state index is 13.6. The first kappa shape index (κ1) is 20.1. The number of carboxylic acids is 1. The zero-order valence-corrected chi connectivity index (χ0v) is 15.5. The number of allylic oxidation sites excluding steroid dienone is 2. The van der Waals surface area contributed by atoms with Crippen molar-refractivity contribution in [3.63, 3.8) is 0 Å². The van der Waals surface area contributed by atoms with E-state index in [1.165, 1.54) is 6.07 Å². The minimum absolute atomic E-state index is 0.169. The highest BCUT2D eigenvalue weighted by Crippen LogP contribution is 2.30. The second-order valence-corrected chi connectivity index (χ2v) is 6.52. The second-order valence-electron chi connectivity index (χ2n) is 6.52. The molecule has 0 spiro atoms. The number of aliphatic carboxylic acids is 1. The maximum absolute atomic E-state index is 13.6. The molecule has 0 amide bonds. The lowest BCUT2D eigenvalue weighted by atomic mass is 9.92. The molecule has 0 aromatic heterocycles. The Morgan fingerprint density at radius 1 is 1.11 bits per heavy atom. The molecule has 2 aromatic carbocycles. The van der Waals surface area contributed by atoms with Crippen molar-refractivity contribution in [1.82, 2.24) is 0 Å². The van der Waals surface area contributed by atoms with Gasteiger partial charge in [-0.25, -0.2) is 4.39 Å². The van der Waals surface area contributed by atoms with Gasteiger partial charge in [0.15, 0.2) is 5.78 Å². The van der Waals surface area contributed by atoms with Gasteiger partial charge in [0.25, 0.3) is 0 Å². The predicted molar refractivity (Wildman–Crippen MR) is 105 cm³/mol. The molecular weight excluding hydrogens is 345 g/mol. The molecule has 0 heterocycles. The number of hydrogen-bond acceptors (Lipinski definition) is 3. The molecule has 0 saturated carbocycles. The second kappa shape index (κ2) is 8.45. The number of aryl methyl sites for hydroxylation is 3. The van der Waals surface area contributed by atoms with E-state index in [-0.39, 0.29) is 11.5 Å². The summed E-state index contributed by atoms with van der Waals surface area (Å²) in [6, 6.07) is 8.98. The number of halogens is 1. The number of carbonyl (C=O) groups excluding carboxylic acids is 1. The largest absolute Gasteiger partial charge is 0.481 e. The maximum Gasteiger partial charge on any atom is 0.311 e. The van der Waals surface area contributed by atoms with Gasteiger partial charge in [-0.05, 0) is 66.8 Å². The smallest absolute Gasteiger partial charge is 0.311 e. The Bertz CT molecular complexity index is 958. The van der Waals surface area contributed by atoms with E-state index in [4.69, 9.17) is 10.8 Å². The molecule has 0 radical (unpaired) electrons. The minimum Gasteiger partial charge on any atom is -0.481 e. The fraction of sp³-hybridized carbons (Fsp3) is 0.182. The van der Waals surface area contributed by atoms with Crippen molar-refractivity contribution in [2.45, 2.75) is 27.2 Å². The number of hydrogen-bond donors (Lipinski definition) is 2. The third-order valence-electron chi connectivity index (χ3n) is 4.10. The Kier molecular flexibility index (Phi) is 6.29. The van der Waals surface area contributed by atoms with Crippen molar-refractivity contribution in [3.05, 3.63) is 76.3 Å². The lowest BCUT2D eigenvalue weighted by Gasteiger charge is -2.13. The van der Waals surface area contributed by atoms with E-state index in [2.05, 4.69) is 0 Å². The summed E-state index contributed by atoms with van der Waals surface area (Å²) < 4.78 is 13.6. The van der Waals surface area contributed by atoms with Crippen molar-refractivity contribution < 1.29 is 19.1 Å². The number of nitrogens with two attached hydrogens (primary N) is 1. The zero-order valence-electron chi connectivity index (χ0n) is 15.5. The van der Waals surface area contributed by atoms with E-state index < -0.39 is 18.2 Å². The highest BCUT2D eigenvalue weighted by Gasteiger charge is 2.09. The van der Waals surface area contributed by atoms with Crippen molar-refractivity contribution >= 4 is 17.8 Å². The number of carbonyl (C=O) groups is 2. The lowest BCUT2D eigenvalue weighted by molar-refractivity contribution is -0.139. The Balaban J connectivity index is 2.44. The van der Waals surface area contributed by atoms with E-state index >= 15 is 0 Å². The first-order valence-electron chi connectivity index (χ1n) is 8.45. The summed E-state index contributed by atoms with van der Waals surface area (Å²) in [6.45, 7) is 5.66. The van der Waals surface area contributed by atoms with Crippen molar-refractivity contribution in [2.75, 3.05) is 0 Å². The summed E-state index contributed by atoms with van der Waals surface area (Å²) in [5.74, 6) is -2.03. The molecule has 2 rings (SSSR count). The van der Waals surface area contributed by atoms with Gasteiger partial charge in [-0.2, -0.15) is 0 Å². The molecule has 0 aliphatic carbocycles. The molecular formula is C22H22FNO3. The van der Waals surface area contributed by atoms with Crippen LogP contribution in [0.1, 0.15) is 28.7 Å². The van der Waals surface area contributed by atoms with E-state index in [9.17, 15) is 14.0 Å². The van der Waals surface area contributed by atoms with Crippen LogP contribution in [-0.4, -0.2) is 16.9 Å². The standard InChI is InChI=1S/C22H22FNO3/c1-13-8-14(2)19(6-5-17(24)11-18(25)12-22(26)27)20(9-13)16-4-7-21(23)15(3)10-16/h4-11H,12,24H2,1-3H3,(H,26,27)/b6-5?,17-11+. The molecule has 3 N–H and O–H groups in total. The van der Waals surface area contributed by atoms with Crippen LogP contribution in [0, 0.1) is 26.6 Å². The summed E-state index contributed by atoms with van der Waals surface area (Å²) >= 11 is 0. The molecule has 5 heteroatoms. The van der Waals surface area contributed by atoms with Crippen LogP contribution in [0.2, 0.25) is 0 Å². The third-order valence-corrected chi connectivity index (χ3v) is 4.10. The van der Waals surface area contributed by atoms with Crippen molar-refractivity contribution in [3.8, 4) is 11.1 Å². The Labute approximate surface area is 157 Å². The van der Waals surface area contributed by atoms with Crippen LogP contribution < -0.4 is 5.73 Å². The number of ketones is 1. The van der Waals surface area contributed by atoms with Crippen LogP contribution in [0.5, 0.6) is 0 Å². The molecule has 2 aromatic rings. The number of rotatable bonds is 6. The van der Waals surface area contributed by atoms with Crippen LogP contribution >= 0.6 is 0 Å². The Morgan fingerprint density at radius 3 is 2.44 bits per heavy atom. The van der Waals surface area contributed by atoms with Gasteiger partial charge in [-0.3, -0.25) is 9.59 Å². The van der Waals surface area contributed by atoms with Crippen LogP contribution in [0.15, 0.2) is 48.2 Å². The lowest BCUT2D eigenvalue weighted by Crippen LogP contribution is -2.06. The average Bonchev–Trinajstić information content (AvgIpc) is 2.55. The topological polar surface area (TPSA) is 80.4 Å². The molecule has 0 aliphatic heterocycles. The molecule has 27 heavy (non-hydrogen) atoms. The highest BCUT2D eigenvalue weighted by molar-refractivity contribution is 6.01. The molecule has 0 bridgehead atoms. The van der Waals surface area contributed by atoms with Gasteiger partial charge in [0, 0.05) is 11.8 Å². The minimum atomic E-state index is -1.20. The van der Waals surface area contributed by atoms with Gasteiger partial charge in [0.1, 0.15) is 12.2 Å². The van der Waals surface area contributed by atoms with E-state index in [1.54, 1.807) is 31.2 Å². The summed E-state index contributed by atoms with van der Waals surface area (Å²) in [7, 11) is 0. The molecule has 0 saturated heterocycles. The normalized spacial score (nSPS) is 11.8. The Hall–Kier alpha value is -3.21. The summed E-state index contributed by atoms with van der Waals surface area (Å²) in [4.78, 5) is 22.1. The van der Waals surface area contributed by atoms with Gasteiger partial charge in [0.05, 0.1) is 0 Å². The van der Waals surface area contributed by atoms with Crippen LogP contribution in [0.4, 0.5) is 4.39 Å². The van der Waals surface area contributed by atoms with Gasteiger partial charge in [-0.15, -0.1) is 0 Å². The molecule has 140 valence electrons. The van der Waals surface area contributed by atoms with Crippen LogP contribution in [0.3, 0.4) is 0 Å².